The highest BCUT2D eigenvalue weighted by atomic mass is 16.5. The van der Waals surface area contributed by atoms with Crippen LogP contribution in [0.3, 0.4) is 0 Å². The number of aliphatic imine (C=N–C) groups is 1. The molecule has 2 atom stereocenters. The van der Waals surface area contributed by atoms with Gasteiger partial charge in [-0.05, 0) is 42.4 Å². The minimum Gasteiger partial charge on any atom is -0.497 e. The summed E-state index contributed by atoms with van der Waals surface area (Å²) in [5.41, 5.74) is 1.31. The second kappa shape index (κ2) is 8.06. The zero-order chi connectivity index (χ0) is 15.9. The van der Waals surface area contributed by atoms with E-state index in [0.29, 0.717) is 0 Å². The van der Waals surface area contributed by atoms with E-state index in [9.17, 15) is 0 Å². The maximum absolute atomic E-state index is 5.19. The van der Waals surface area contributed by atoms with Gasteiger partial charge in [-0.2, -0.15) is 0 Å². The first-order chi connectivity index (χ1) is 10.6. The Morgan fingerprint density at radius 1 is 1.23 bits per heavy atom. The molecule has 4 nitrogen and oxygen atoms in total. The SMILES string of the molecule is CN=C(NCCc1ccc(OC)cc1)N1CC(C)CC(C)C1. The number of benzene rings is 1. The van der Waals surface area contributed by atoms with Gasteiger partial charge in [0, 0.05) is 26.7 Å². The van der Waals surface area contributed by atoms with Crippen LogP contribution in [0.25, 0.3) is 0 Å². The first kappa shape index (κ1) is 16.7. The third kappa shape index (κ3) is 4.65. The van der Waals surface area contributed by atoms with E-state index < -0.39 is 0 Å². The molecule has 1 aromatic carbocycles. The molecule has 1 aromatic rings. The minimum atomic E-state index is 0.740. The van der Waals surface area contributed by atoms with E-state index in [-0.39, 0.29) is 0 Å². The van der Waals surface area contributed by atoms with Crippen LogP contribution in [0.1, 0.15) is 25.8 Å². The number of rotatable bonds is 4. The Labute approximate surface area is 134 Å². The smallest absolute Gasteiger partial charge is 0.193 e. The van der Waals surface area contributed by atoms with Crippen molar-refractivity contribution in [3.63, 3.8) is 0 Å². The third-order valence-electron chi connectivity index (χ3n) is 4.24. The zero-order valence-electron chi connectivity index (χ0n) is 14.3. The predicted molar refractivity (Wildman–Crippen MR) is 92.6 cm³/mol. The average molecular weight is 303 g/mol. The zero-order valence-corrected chi connectivity index (χ0v) is 14.3. The van der Waals surface area contributed by atoms with E-state index in [1.165, 1.54) is 12.0 Å². The number of likely N-dealkylation sites (tertiary alicyclic amines) is 1. The third-order valence-corrected chi connectivity index (χ3v) is 4.24. The lowest BCUT2D eigenvalue weighted by molar-refractivity contribution is 0.208. The molecule has 2 unspecified atom stereocenters. The fourth-order valence-corrected chi connectivity index (χ4v) is 3.28. The summed E-state index contributed by atoms with van der Waals surface area (Å²) in [5.74, 6) is 3.42. The second-order valence-corrected chi connectivity index (χ2v) is 6.42. The second-order valence-electron chi connectivity index (χ2n) is 6.42. The van der Waals surface area contributed by atoms with Gasteiger partial charge in [0.05, 0.1) is 7.11 Å². The first-order valence-corrected chi connectivity index (χ1v) is 8.21. The van der Waals surface area contributed by atoms with Crippen LogP contribution in [-0.2, 0) is 6.42 Å². The summed E-state index contributed by atoms with van der Waals surface area (Å²) < 4.78 is 5.19. The molecular weight excluding hydrogens is 274 g/mol. The molecule has 4 heteroatoms. The molecule has 0 radical (unpaired) electrons. The number of guanidine groups is 1. The molecular formula is C18H29N3O. The number of hydrogen-bond acceptors (Lipinski definition) is 2. The molecule has 0 saturated carbocycles. The lowest BCUT2D eigenvalue weighted by Crippen LogP contribution is -2.48. The van der Waals surface area contributed by atoms with Crippen molar-refractivity contribution >= 4 is 5.96 Å². The summed E-state index contributed by atoms with van der Waals surface area (Å²) in [5, 5.41) is 3.50. The monoisotopic (exact) mass is 303 g/mol. The lowest BCUT2D eigenvalue weighted by Gasteiger charge is -2.37. The highest BCUT2D eigenvalue weighted by molar-refractivity contribution is 5.80. The lowest BCUT2D eigenvalue weighted by atomic mass is 9.92. The van der Waals surface area contributed by atoms with Crippen molar-refractivity contribution in [1.29, 1.82) is 0 Å². The molecule has 22 heavy (non-hydrogen) atoms. The molecule has 2 rings (SSSR count). The highest BCUT2D eigenvalue weighted by Gasteiger charge is 2.23. The van der Waals surface area contributed by atoms with Gasteiger partial charge in [0.15, 0.2) is 5.96 Å². The van der Waals surface area contributed by atoms with Gasteiger partial charge in [-0.15, -0.1) is 0 Å². The van der Waals surface area contributed by atoms with E-state index >= 15 is 0 Å². The fraction of sp³-hybridized carbons (Fsp3) is 0.611. The van der Waals surface area contributed by atoms with Crippen molar-refractivity contribution in [2.75, 3.05) is 33.8 Å². The maximum Gasteiger partial charge on any atom is 0.193 e. The van der Waals surface area contributed by atoms with Crippen LogP contribution < -0.4 is 10.1 Å². The number of methoxy groups -OCH3 is 1. The van der Waals surface area contributed by atoms with Gasteiger partial charge >= 0.3 is 0 Å². The van der Waals surface area contributed by atoms with Crippen LogP contribution in [0.15, 0.2) is 29.3 Å². The molecule has 1 fully saturated rings. The normalized spacial score (nSPS) is 22.5. The van der Waals surface area contributed by atoms with Crippen LogP contribution in [0, 0.1) is 11.8 Å². The number of nitrogens with one attached hydrogen (secondary N) is 1. The maximum atomic E-state index is 5.19. The minimum absolute atomic E-state index is 0.740. The number of piperidine rings is 1. The summed E-state index contributed by atoms with van der Waals surface area (Å²) in [6.45, 7) is 7.76. The Kier molecular flexibility index (Phi) is 6.10. The van der Waals surface area contributed by atoms with Crippen LogP contribution in [-0.4, -0.2) is 44.7 Å². The van der Waals surface area contributed by atoms with Crippen LogP contribution in [0.5, 0.6) is 5.75 Å². The molecule has 0 bridgehead atoms. The summed E-state index contributed by atoms with van der Waals surface area (Å²) in [7, 11) is 3.57. The van der Waals surface area contributed by atoms with Crippen molar-refractivity contribution in [3.05, 3.63) is 29.8 Å². The van der Waals surface area contributed by atoms with E-state index in [0.717, 1.165) is 49.6 Å². The topological polar surface area (TPSA) is 36.9 Å². The van der Waals surface area contributed by atoms with E-state index in [2.05, 4.69) is 41.2 Å². The van der Waals surface area contributed by atoms with Gasteiger partial charge < -0.3 is 15.0 Å². The van der Waals surface area contributed by atoms with E-state index in [1.54, 1.807) is 7.11 Å². The summed E-state index contributed by atoms with van der Waals surface area (Å²) in [6.07, 6.45) is 2.31. The van der Waals surface area contributed by atoms with Gasteiger partial charge in [-0.25, -0.2) is 0 Å². The fourth-order valence-electron chi connectivity index (χ4n) is 3.28. The number of hydrogen-bond donors (Lipinski definition) is 1. The Balaban J connectivity index is 1.83. The predicted octanol–water partition coefficient (Wildman–Crippen LogP) is 2.79. The Morgan fingerprint density at radius 2 is 1.86 bits per heavy atom. The van der Waals surface area contributed by atoms with Crippen molar-refractivity contribution < 1.29 is 4.74 Å². The Bertz CT molecular complexity index is 474. The summed E-state index contributed by atoms with van der Waals surface area (Å²) in [4.78, 5) is 6.85. The Hall–Kier alpha value is -1.71. The highest BCUT2D eigenvalue weighted by Crippen LogP contribution is 2.20. The van der Waals surface area contributed by atoms with Gasteiger partial charge in [0.2, 0.25) is 0 Å². The molecule has 0 spiro atoms. The van der Waals surface area contributed by atoms with Crippen molar-refractivity contribution in [1.82, 2.24) is 10.2 Å². The average Bonchev–Trinajstić information content (AvgIpc) is 2.51. The Morgan fingerprint density at radius 3 is 2.41 bits per heavy atom. The number of ether oxygens (including phenoxy) is 1. The molecule has 0 aromatic heterocycles. The van der Waals surface area contributed by atoms with Crippen molar-refractivity contribution in [2.24, 2.45) is 16.8 Å². The molecule has 1 aliphatic heterocycles. The van der Waals surface area contributed by atoms with E-state index in [1.807, 2.05) is 19.2 Å². The van der Waals surface area contributed by atoms with Crippen LogP contribution in [0.4, 0.5) is 0 Å². The van der Waals surface area contributed by atoms with Gasteiger partial charge in [0.1, 0.15) is 5.75 Å². The largest absolute Gasteiger partial charge is 0.497 e. The first-order valence-electron chi connectivity index (χ1n) is 8.21. The van der Waals surface area contributed by atoms with Gasteiger partial charge in [-0.1, -0.05) is 26.0 Å². The molecule has 0 amide bonds. The van der Waals surface area contributed by atoms with Crippen molar-refractivity contribution in [2.45, 2.75) is 26.7 Å². The van der Waals surface area contributed by atoms with Crippen molar-refractivity contribution in [3.8, 4) is 5.75 Å². The molecule has 122 valence electrons. The molecule has 1 aliphatic rings. The molecule has 1 N–H and O–H groups in total. The number of nitrogens with zero attached hydrogens (tertiary/aromatic N) is 2. The van der Waals surface area contributed by atoms with Crippen LogP contribution in [0.2, 0.25) is 0 Å². The van der Waals surface area contributed by atoms with Gasteiger partial charge in [0.25, 0.3) is 0 Å². The molecule has 1 saturated heterocycles. The molecule has 1 heterocycles. The molecule has 0 aliphatic carbocycles. The summed E-state index contributed by atoms with van der Waals surface area (Å²) >= 11 is 0. The van der Waals surface area contributed by atoms with Crippen LogP contribution >= 0.6 is 0 Å². The quantitative estimate of drug-likeness (QED) is 0.686. The van der Waals surface area contributed by atoms with Gasteiger partial charge in [-0.3, -0.25) is 4.99 Å². The van der Waals surface area contributed by atoms with E-state index in [4.69, 9.17) is 4.74 Å². The summed E-state index contributed by atoms with van der Waals surface area (Å²) in [6, 6.07) is 8.26. The standard InChI is InChI=1S/C18H29N3O/c1-14-11-15(2)13-21(12-14)18(19-3)20-10-9-16-5-7-17(22-4)8-6-16/h5-8,14-15H,9-13H2,1-4H3,(H,19,20).